The molecule has 0 amide bonds. The lowest BCUT2D eigenvalue weighted by Crippen LogP contribution is -2.10. The van der Waals surface area contributed by atoms with Gasteiger partial charge in [0.1, 0.15) is 21.9 Å². The van der Waals surface area contributed by atoms with Crippen molar-refractivity contribution in [3.05, 3.63) is 27.9 Å². The van der Waals surface area contributed by atoms with Gasteiger partial charge in [-0.3, -0.25) is 10.1 Å². The van der Waals surface area contributed by atoms with Crippen LogP contribution in [0.5, 0.6) is 0 Å². The Balaban J connectivity index is 2.54. The molecule has 8 heteroatoms. The van der Waals surface area contributed by atoms with Crippen LogP contribution in [0.3, 0.4) is 0 Å². The molecule has 1 N–H and O–H groups in total. The van der Waals surface area contributed by atoms with E-state index in [0.29, 0.717) is 24.3 Å². The fourth-order valence-electron chi connectivity index (χ4n) is 1.39. The second-order valence-electron chi connectivity index (χ2n) is 4.02. The van der Waals surface area contributed by atoms with Gasteiger partial charge in [0.2, 0.25) is 0 Å². The molecule has 18 heavy (non-hydrogen) atoms. The zero-order valence-electron chi connectivity index (χ0n) is 10.2. The van der Waals surface area contributed by atoms with E-state index in [2.05, 4.69) is 10.3 Å². The van der Waals surface area contributed by atoms with E-state index >= 15 is 0 Å². The Morgan fingerprint density at radius 3 is 2.67 bits per heavy atom. The first-order chi connectivity index (χ1) is 8.29. The van der Waals surface area contributed by atoms with Crippen molar-refractivity contribution in [2.24, 2.45) is 0 Å². The Labute approximate surface area is 105 Å². The average molecular weight is 273 g/mol. The largest absolute Gasteiger partial charge is 0.370 e. The van der Waals surface area contributed by atoms with Crippen molar-refractivity contribution in [1.82, 2.24) is 4.98 Å². The standard InChI is InChI=1S/C10H15N3O4S/c1-8-6-10(12-7-9(8)13(14)15)11-4-3-5-18(2,16)17/h6-7H,3-5H2,1-2H3,(H,11,12). The molecule has 7 nitrogen and oxygen atoms in total. The molecule has 1 aromatic rings. The van der Waals surface area contributed by atoms with Gasteiger partial charge in [-0.25, -0.2) is 13.4 Å². The smallest absolute Gasteiger partial charge is 0.290 e. The molecule has 0 atom stereocenters. The van der Waals surface area contributed by atoms with Crippen molar-refractivity contribution >= 4 is 21.3 Å². The predicted molar refractivity (Wildman–Crippen MR) is 68.4 cm³/mol. The van der Waals surface area contributed by atoms with Gasteiger partial charge in [0, 0.05) is 18.4 Å². The topological polar surface area (TPSA) is 102 Å². The van der Waals surface area contributed by atoms with Gasteiger partial charge in [-0.1, -0.05) is 0 Å². The molecule has 0 unspecified atom stereocenters. The molecule has 0 aromatic carbocycles. The van der Waals surface area contributed by atoms with Crippen LogP contribution in [-0.2, 0) is 9.84 Å². The molecule has 1 heterocycles. The fourth-order valence-corrected chi connectivity index (χ4v) is 2.06. The van der Waals surface area contributed by atoms with E-state index in [4.69, 9.17) is 0 Å². The Morgan fingerprint density at radius 2 is 2.17 bits per heavy atom. The quantitative estimate of drug-likeness (QED) is 0.474. The second kappa shape index (κ2) is 5.76. The normalized spacial score (nSPS) is 11.2. The van der Waals surface area contributed by atoms with Crippen LogP contribution in [0.1, 0.15) is 12.0 Å². The third-order valence-corrected chi connectivity index (χ3v) is 3.31. The molecule has 0 aliphatic carbocycles. The van der Waals surface area contributed by atoms with E-state index in [1.54, 1.807) is 13.0 Å². The maximum absolute atomic E-state index is 10.9. The molecule has 0 bridgehead atoms. The minimum absolute atomic E-state index is 0.0308. The number of hydrogen-bond donors (Lipinski definition) is 1. The summed E-state index contributed by atoms with van der Waals surface area (Å²) in [6.07, 6.45) is 2.84. The number of nitrogens with zero attached hydrogens (tertiary/aromatic N) is 2. The molecule has 1 rings (SSSR count). The Hall–Kier alpha value is -1.70. The summed E-state index contributed by atoms with van der Waals surface area (Å²) in [6, 6.07) is 1.57. The number of nitro groups is 1. The van der Waals surface area contributed by atoms with Gasteiger partial charge in [-0.2, -0.15) is 0 Å². The molecule has 0 radical (unpaired) electrons. The summed E-state index contributed by atoms with van der Waals surface area (Å²) in [6.45, 7) is 2.08. The van der Waals surface area contributed by atoms with E-state index in [0.717, 1.165) is 0 Å². The number of rotatable bonds is 6. The number of sulfone groups is 1. The zero-order valence-corrected chi connectivity index (χ0v) is 11.0. The maximum Gasteiger partial charge on any atom is 0.290 e. The minimum atomic E-state index is -2.95. The Kier molecular flexibility index (Phi) is 4.60. The van der Waals surface area contributed by atoms with Gasteiger partial charge >= 0.3 is 0 Å². The molecule has 0 fully saturated rings. The number of anilines is 1. The van der Waals surface area contributed by atoms with Crippen LogP contribution < -0.4 is 5.32 Å². The zero-order chi connectivity index (χ0) is 13.8. The van der Waals surface area contributed by atoms with Gasteiger partial charge in [0.05, 0.1) is 10.7 Å². The number of nitrogens with one attached hydrogen (secondary N) is 1. The van der Waals surface area contributed by atoms with Crippen LogP contribution in [0.4, 0.5) is 11.5 Å². The lowest BCUT2D eigenvalue weighted by molar-refractivity contribution is -0.385. The summed E-state index contributed by atoms with van der Waals surface area (Å²) in [4.78, 5) is 14.0. The highest BCUT2D eigenvalue weighted by Crippen LogP contribution is 2.18. The highest BCUT2D eigenvalue weighted by molar-refractivity contribution is 7.90. The van der Waals surface area contributed by atoms with Gasteiger partial charge in [-0.05, 0) is 19.4 Å². The van der Waals surface area contributed by atoms with Gasteiger partial charge in [0.25, 0.3) is 5.69 Å². The van der Waals surface area contributed by atoms with Crippen molar-refractivity contribution in [3.8, 4) is 0 Å². The molecular formula is C10H15N3O4S. The molecule has 100 valence electrons. The number of pyridine rings is 1. The summed E-state index contributed by atoms with van der Waals surface area (Å²) in [5, 5.41) is 13.5. The summed E-state index contributed by atoms with van der Waals surface area (Å²) in [5.41, 5.74) is 0.484. The molecule has 0 saturated heterocycles. The van der Waals surface area contributed by atoms with Crippen molar-refractivity contribution < 1.29 is 13.3 Å². The molecule has 0 saturated carbocycles. The number of aromatic nitrogens is 1. The third-order valence-electron chi connectivity index (χ3n) is 2.28. The molecular weight excluding hydrogens is 258 g/mol. The summed E-state index contributed by atoms with van der Waals surface area (Å²) < 4.78 is 21.8. The van der Waals surface area contributed by atoms with Crippen LogP contribution >= 0.6 is 0 Å². The van der Waals surface area contributed by atoms with E-state index in [9.17, 15) is 18.5 Å². The maximum atomic E-state index is 10.9. The Morgan fingerprint density at radius 1 is 1.50 bits per heavy atom. The monoisotopic (exact) mass is 273 g/mol. The third kappa shape index (κ3) is 4.66. The lowest BCUT2D eigenvalue weighted by atomic mass is 10.2. The predicted octanol–water partition coefficient (Wildman–Crippen LogP) is 1.14. The number of hydrogen-bond acceptors (Lipinski definition) is 6. The highest BCUT2D eigenvalue weighted by Gasteiger charge is 2.11. The minimum Gasteiger partial charge on any atom is -0.370 e. The van der Waals surface area contributed by atoms with E-state index in [-0.39, 0.29) is 11.4 Å². The van der Waals surface area contributed by atoms with E-state index in [1.807, 2.05) is 0 Å². The second-order valence-corrected chi connectivity index (χ2v) is 6.28. The first kappa shape index (κ1) is 14.4. The summed E-state index contributed by atoms with van der Waals surface area (Å²) >= 11 is 0. The highest BCUT2D eigenvalue weighted by atomic mass is 32.2. The van der Waals surface area contributed by atoms with Crippen LogP contribution in [0.2, 0.25) is 0 Å². The molecule has 1 aromatic heterocycles. The Bertz CT molecular complexity index is 542. The van der Waals surface area contributed by atoms with Crippen LogP contribution in [0.25, 0.3) is 0 Å². The lowest BCUT2D eigenvalue weighted by Gasteiger charge is -2.05. The van der Waals surface area contributed by atoms with Crippen LogP contribution in [-0.4, -0.2) is 36.9 Å². The summed E-state index contributed by atoms with van der Waals surface area (Å²) in [5.74, 6) is 0.609. The fraction of sp³-hybridized carbons (Fsp3) is 0.500. The van der Waals surface area contributed by atoms with E-state index < -0.39 is 14.8 Å². The SMILES string of the molecule is Cc1cc(NCCCS(C)(=O)=O)ncc1[N+](=O)[O-]. The van der Waals surface area contributed by atoms with Crippen LogP contribution in [0, 0.1) is 17.0 Å². The number of aryl methyl sites for hydroxylation is 1. The van der Waals surface area contributed by atoms with E-state index in [1.165, 1.54) is 12.5 Å². The first-order valence-corrected chi connectivity index (χ1v) is 7.38. The van der Waals surface area contributed by atoms with Crippen molar-refractivity contribution in [2.45, 2.75) is 13.3 Å². The first-order valence-electron chi connectivity index (χ1n) is 5.32. The van der Waals surface area contributed by atoms with Crippen molar-refractivity contribution in [1.29, 1.82) is 0 Å². The molecule has 0 aliphatic rings. The molecule has 0 aliphatic heterocycles. The summed E-state index contributed by atoms with van der Waals surface area (Å²) in [7, 11) is -2.95. The van der Waals surface area contributed by atoms with Crippen molar-refractivity contribution in [2.75, 3.05) is 23.9 Å². The van der Waals surface area contributed by atoms with Crippen molar-refractivity contribution in [3.63, 3.8) is 0 Å². The average Bonchev–Trinajstić information content (AvgIpc) is 2.22. The van der Waals surface area contributed by atoms with Gasteiger partial charge in [0.15, 0.2) is 0 Å². The molecule has 0 spiro atoms. The van der Waals surface area contributed by atoms with Gasteiger partial charge in [-0.15, -0.1) is 0 Å². The van der Waals surface area contributed by atoms with Crippen LogP contribution in [0.15, 0.2) is 12.3 Å². The van der Waals surface area contributed by atoms with Gasteiger partial charge < -0.3 is 5.32 Å².